The molecule has 132 valence electrons. The molecule has 0 spiro atoms. The van der Waals surface area contributed by atoms with Crippen molar-refractivity contribution >= 4 is 5.91 Å². The van der Waals surface area contributed by atoms with Gasteiger partial charge in [-0.05, 0) is 43.2 Å². The molecule has 2 aromatic rings. The van der Waals surface area contributed by atoms with Crippen LogP contribution in [0.15, 0.2) is 30.5 Å². The van der Waals surface area contributed by atoms with E-state index in [-0.39, 0.29) is 5.92 Å². The van der Waals surface area contributed by atoms with Gasteiger partial charge in [-0.3, -0.25) is 4.79 Å². The number of amides is 1. The third-order valence-electron chi connectivity index (χ3n) is 5.61. The molecule has 2 aliphatic rings. The Morgan fingerprint density at radius 1 is 1.16 bits per heavy atom. The lowest BCUT2D eigenvalue weighted by molar-refractivity contribution is -0.137. The summed E-state index contributed by atoms with van der Waals surface area (Å²) in [5.74, 6) is 0.468. The van der Waals surface area contributed by atoms with Gasteiger partial charge in [0.15, 0.2) is 0 Å². The van der Waals surface area contributed by atoms with Crippen molar-refractivity contribution in [3.05, 3.63) is 47.3 Å². The smallest absolute Gasteiger partial charge is 0.226 e. The number of carbonyl (C=O) groups is 1. The zero-order valence-corrected chi connectivity index (χ0v) is 14.5. The molecule has 2 N–H and O–H groups in total. The standard InChI is InChI=1S/C19H25N5O/c20-12-17-13-24(22-21-17)18-7-9-23(10-8-18)19(25)16-6-5-14-3-1-2-4-15(14)11-16/h1-4,13,16,18H,5-12,20H2/t16-/m1/s1. The van der Waals surface area contributed by atoms with Crippen LogP contribution in [0.25, 0.3) is 0 Å². The lowest BCUT2D eigenvalue weighted by atomic mass is 9.83. The van der Waals surface area contributed by atoms with Gasteiger partial charge >= 0.3 is 0 Å². The van der Waals surface area contributed by atoms with Gasteiger partial charge in [0.2, 0.25) is 5.91 Å². The summed E-state index contributed by atoms with van der Waals surface area (Å²) in [6.45, 7) is 2.03. The van der Waals surface area contributed by atoms with Crippen LogP contribution in [0.1, 0.15) is 42.1 Å². The number of nitrogens with zero attached hydrogens (tertiary/aromatic N) is 4. The van der Waals surface area contributed by atoms with Crippen molar-refractivity contribution in [1.29, 1.82) is 0 Å². The molecule has 1 amide bonds. The first-order chi connectivity index (χ1) is 12.2. The van der Waals surface area contributed by atoms with E-state index >= 15 is 0 Å². The van der Waals surface area contributed by atoms with Crippen molar-refractivity contribution in [2.75, 3.05) is 13.1 Å². The van der Waals surface area contributed by atoms with E-state index in [1.54, 1.807) is 0 Å². The molecular formula is C19H25N5O. The van der Waals surface area contributed by atoms with Crippen LogP contribution in [-0.2, 0) is 24.2 Å². The Balaban J connectivity index is 1.35. The minimum absolute atomic E-state index is 0.140. The zero-order valence-electron chi connectivity index (χ0n) is 14.5. The van der Waals surface area contributed by atoms with Gasteiger partial charge in [0.05, 0.1) is 17.9 Å². The number of nitrogens with two attached hydrogens (primary N) is 1. The SMILES string of the molecule is NCc1cn(C2CCN(C(=O)[C@@H]3CCc4ccccc4C3)CC2)nn1. The second kappa shape index (κ2) is 6.96. The van der Waals surface area contributed by atoms with Crippen LogP contribution in [0, 0.1) is 5.92 Å². The molecule has 0 bridgehead atoms. The number of aromatic nitrogens is 3. The Morgan fingerprint density at radius 2 is 1.92 bits per heavy atom. The number of rotatable bonds is 3. The maximum Gasteiger partial charge on any atom is 0.226 e. The van der Waals surface area contributed by atoms with Crippen molar-refractivity contribution in [2.24, 2.45) is 11.7 Å². The van der Waals surface area contributed by atoms with E-state index in [1.165, 1.54) is 11.1 Å². The monoisotopic (exact) mass is 339 g/mol. The Hall–Kier alpha value is -2.21. The summed E-state index contributed by atoms with van der Waals surface area (Å²) in [6, 6.07) is 8.84. The first-order valence-electron chi connectivity index (χ1n) is 9.21. The molecule has 2 heterocycles. The molecule has 0 radical (unpaired) electrons. The third-order valence-corrected chi connectivity index (χ3v) is 5.61. The molecule has 25 heavy (non-hydrogen) atoms. The predicted octanol–water partition coefficient (Wildman–Crippen LogP) is 1.71. The quantitative estimate of drug-likeness (QED) is 0.923. The number of benzene rings is 1. The summed E-state index contributed by atoms with van der Waals surface area (Å²) in [4.78, 5) is 15.0. The van der Waals surface area contributed by atoms with Gasteiger partial charge in [-0.1, -0.05) is 29.5 Å². The summed E-state index contributed by atoms with van der Waals surface area (Å²) in [5, 5.41) is 8.24. The van der Waals surface area contributed by atoms with Gasteiger partial charge in [-0.25, -0.2) is 4.68 Å². The molecule has 1 fully saturated rings. The van der Waals surface area contributed by atoms with Gasteiger partial charge < -0.3 is 10.6 Å². The summed E-state index contributed by atoms with van der Waals surface area (Å²) in [6.07, 6.45) is 6.67. The maximum atomic E-state index is 12.9. The molecule has 1 aromatic carbocycles. The number of hydrogen-bond acceptors (Lipinski definition) is 4. The number of hydrogen-bond donors (Lipinski definition) is 1. The summed E-state index contributed by atoms with van der Waals surface area (Å²) in [5.41, 5.74) is 9.18. The molecule has 1 aliphatic carbocycles. The minimum atomic E-state index is 0.140. The van der Waals surface area contributed by atoms with Crippen molar-refractivity contribution in [3.63, 3.8) is 0 Å². The van der Waals surface area contributed by atoms with E-state index in [0.717, 1.165) is 50.9 Å². The van der Waals surface area contributed by atoms with Crippen LogP contribution in [0.2, 0.25) is 0 Å². The minimum Gasteiger partial charge on any atom is -0.342 e. The Bertz CT molecular complexity index is 748. The average Bonchev–Trinajstić information content (AvgIpc) is 3.16. The van der Waals surface area contributed by atoms with Crippen molar-refractivity contribution < 1.29 is 4.79 Å². The first-order valence-corrected chi connectivity index (χ1v) is 9.21. The van der Waals surface area contributed by atoms with Gasteiger partial charge in [-0.2, -0.15) is 0 Å². The Labute approximate surface area is 148 Å². The molecule has 6 heteroatoms. The van der Waals surface area contributed by atoms with Crippen LogP contribution in [-0.4, -0.2) is 38.9 Å². The fourth-order valence-electron chi connectivity index (χ4n) is 4.10. The van der Waals surface area contributed by atoms with Crippen LogP contribution in [0.3, 0.4) is 0 Å². The van der Waals surface area contributed by atoms with E-state index in [1.807, 2.05) is 10.9 Å². The topological polar surface area (TPSA) is 77.0 Å². The second-order valence-electron chi connectivity index (χ2n) is 7.16. The van der Waals surface area contributed by atoms with Gasteiger partial charge in [0.25, 0.3) is 0 Å². The predicted molar refractivity (Wildman–Crippen MR) is 94.7 cm³/mol. The van der Waals surface area contributed by atoms with Gasteiger partial charge in [-0.15, -0.1) is 5.10 Å². The fraction of sp³-hybridized carbons (Fsp3) is 0.526. The van der Waals surface area contributed by atoms with Crippen molar-refractivity contribution in [2.45, 2.75) is 44.7 Å². The van der Waals surface area contributed by atoms with Gasteiger partial charge in [0, 0.05) is 25.6 Å². The molecule has 1 aromatic heterocycles. The highest BCUT2D eigenvalue weighted by molar-refractivity contribution is 5.79. The summed E-state index contributed by atoms with van der Waals surface area (Å²) in [7, 11) is 0. The third kappa shape index (κ3) is 3.31. The first kappa shape index (κ1) is 16.3. The highest BCUT2D eigenvalue weighted by atomic mass is 16.2. The zero-order chi connectivity index (χ0) is 17.2. The largest absolute Gasteiger partial charge is 0.342 e. The van der Waals surface area contributed by atoms with Gasteiger partial charge in [0.1, 0.15) is 0 Å². The molecule has 1 atom stereocenters. The average molecular weight is 339 g/mol. The fourth-order valence-corrected chi connectivity index (χ4v) is 4.10. The molecule has 0 unspecified atom stereocenters. The number of aryl methyl sites for hydroxylation is 1. The van der Waals surface area contributed by atoms with E-state index in [0.29, 0.717) is 18.5 Å². The number of carbonyl (C=O) groups excluding carboxylic acids is 1. The van der Waals surface area contributed by atoms with Crippen LogP contribution in [0.5, 0.6) is 0 Å². The van der Waals surface area contributed by atoms with Crippen molar-refractivity contribution in [1.82, 2.24) is 19.9 Å². The molecular weight excluding hydrogens is 314 g/mol. The molecule has 1 saturated heterocycles. The van der Waals surface area contributed by atoms with E-state index < -0.39 is 0 Å². The summed E-state index contributed by atoms with van der Waals surface area (Å²) >= 11 is 0. The molecule has 0 saturated carbocycles. The van der Waals surface area contributed by atoms with Crippen LogP contribution >= 0.6 is 0 Å². The van der Waals surface area contributed by atoms with E-state index in [9.17, 15) is 4.79 Å². The van der Waals surface area contributed by atoms with Crippen LogP contribution in [0.4, 0.5) is 0 Å². The highest BCUT2D eigenvalue weighted by Gasteiger charge is 2.31. The lowest BCUT2D eigenvalue weighted by Gasteiger charge is -2.35. The highest BCUT2D eigenvalue weighted by Crippen LogP contribution is 2.29. The second-order valence-corrected chi connectivity index (χ2v) is 7.16. The summed E-state index contributed by atoms with van der Waals surface area (Å²) < 4.78 is 1.92. The lowest BCUT2D eigenvalue weighted by Crippen LogP contribution is -2.43. The number of likely N-dealkylation sites (tertiary alicyclic amines) is 1. The van der Waals surface area contributed by atoms with Crippen LogP contribution < -0.4 is 5.73 Å². The number of piperidine rings is 1. The van der Waals surface area contributed by atoms with E-state index in [2.05, 4.69) is 39.5 Å². The number of fused-ring (bicyclic) bond motifs is 1. The van der Waals surface area contributed by atoms with E-state index in [4.69, 9.17) is 5.73 Å². The maximum absolute atomic E-state index is 12.9. The van der Waals surface area contributed by atoms with Crippen molar-refractivity contribution in [3.8, 4) is 0 Å². The molecule has 6 nitrogen and oxygen atoms in total. The normalized spacial score (nSPS) is 21.2. The Morgan fingerprint density at radius 3 is 2.64 bits per heavy atom. The molecule has 1 aliphatic heterocycles. The molecule has 4 rings (SSSR count). The Kier molecular flexibility index (Phi) is 4.53.